The van der Waals surface area contributed by atoms with E-state index in [1.165, 1.54) is 0 Å². The summed E-state index contributed by atoms with van der Waals surface area (Å²) >= 11 is 3.38. The van der Waals surface area contributed by atoms with Crippen molar-refractivity contribution in [2.45, 2.75) is 18.9 Å². The Kier molecular flexibility index (Phi) is 8.39. The van der Waals surface area contributed by atoms with Crippen LogP contribution in [0.1, 0.15) is 12.8 Å². The second-order valence-electron chi connectivity index (χ2n) is 4.87. The number of hydrogen-bond donors (Lipinski definition) is 1. The Morgan fingerprint density at radius 2 is 2.29 bits per heavy atom. The number of halogens is 1. The van der Waals surface area contributed by atoms with Crippen LogP contribution in [0.5, 0.6) is 0 Å². The predicted molar refractivity (Wildman–Crippen MR) is 93.7 cm³/mol. The van der Waals surface area contributed by atoms with Gasteiger partial charge in [0.05, 0.1) is 6.04 Å². The van der Waals surface area contributed by atoms with Crippen LogP contribution in [0.25, 0.3) is 0 Å². The van der Waals surface area contributed by atoms with Gasteiger partial charge in [-0.05, 0) is 24.9 Å². The summed E-state index contributed by atoms with van der Waals surface area (Å²) in [4.78, 5) is 20.8. The van der Waals surface area contributed by atoms with Crippen molar-refractivity contribution in [3.63, 3.8) is 0 Å². The van der Waals surface area contributed by atoms with Crippen molar-refractivity contribution in [3.05, 3.63) is 11.6 Å². The second-order valence-corrected chi connectivity index (χ2v) is 6.73. The van der Waals surface area contributed by atoms with Gasteiger partial charge in [-0.2, -0.15) is 11.8 Å². The molecule has 8 heteroatoms. The third-order valence-corrected chi connectivity index (χ3v) is 4.92. The van der Waals surface area contributed by atoms with Crippen LogP contribution in [-0.2, 0) is 4.79 Å². The molecule has 1 aliphatic heterocycles. The predicted octanol–water partition coefficient (Wildman–Crippen LogP) is 1.68. The molecule has 0 aliphatic carbocycles. The molecule has 0 aromatic carbocycles. The Labute approximate surface area is 140 Å². The summed E-state index contributed by atoms with van der Waals surface area (Å²) < 4.78 is 0. The molecule has 1 atom stereocenters. The van der Waals surface area contributed by atoms with Crippen molar-refractivity contribution in [2.24, 2.45) is 5.73 Å². The van der Waals surface area contributed by atoms with E-state index in [-0.39, 0.29) is 24.4 Å². The van der Waals surface area contributed by atoms with E-state index in [1.807, 2.05) is 22.7 Å². The fraction of sp³-hybridized carbons (Fsp3) is 0.692. The van der Waals surface area contributed by atoms with E-state index in [0.29, 0.717) is 0 Å². The van der Waals surface area contributed by atoms with Gasteiger partial charge in [0.25, 0.3) is 0 Å². The molecule has 1 fully saturated rings. The van der Waals surface area contributed by atoms with Gasteiger partial charge in [0, 0.05) is 37.8 Å². The van der Waals surface area contributed by atoms with Gasteiger partial charge in [-0.25, -0.2) is 4.98 Å². The minimum atomic E-state index is -0.353. The molecule has 21 heavy (non-hydrogen) atoms. The molecule has 2 N–H and O–H groups in total. The minimum absolute atomic E-state index is 0. The van der Waals surface area contributed by atoms with Crippen molar-refractivity contribution in [3.8, 4) is 0 Å². The number of hydrogen-bond acceptors (Lipinski definition) is 6. The highest BCUT2D eigenvalue weighted by Crippen LogP contribution is 2.19. The molecule has 5 nitrogen and oxygen atoms in total. The maximum Gasteiger partial charge on any atom is 0.239 e. The summed E-state index contributed by atoms with van der Waals surface area (Å²) in [5.41, 5.74) is 5.99. The maximum atomic E-state index is 12.3. The Balaban J connectivity index is 0.00000220. The van der Waals surface area contributed by atoms with Gasteiger partial charge in [-0.15, -0.1) is 23.7 Å². The number of thioether (sulfide) groups is 1. The van der Waals surface area contributed by atoms with Crippen molar-refractivity contribution in [1.29, 1.82) is 0 Å². The summed E-state index contributed by atoms with van der Waals surface area (Å²) in [6.07, 6.45) is 5.59. The molecule has 1 aromatic heterocycles. The van der Waals surface area contributed by atoms with Crippen LogP contribution in [0.2, 0.25) is 0 Å². The molecular weight excluding hydrogens is 328 g/mol. The Hall–Kier alpha value is -0.500. The molecule has 1 aromatic rings. The molecule has 0 bridgehead atoms. The number of aromatic nitrogens is 1. The zero-order valence-electron chi connectivity index (χ0n) is 12.2. The first kappa shape index (κ1) is 18.5. The average molecular weight is 351 g/mol. The Morgan fingerprint density at radius 3 is 2.95 bits per heavy atom. The summed E-state index contributed by atoms with van der Waals surface area (Å²) in [6.45, 7) is 3.34. The molecule has 1 aliphatic rings. The lowest BCUT2D eigenvalue weighted by molar-refractivity contribution is -0.132. The molecule has 1 saturated heterocycles. The third-order valence-electron chi connectivity index (χ3n) is 3.45. The normalized spacial score (nSPS) is 17.0. The number of anilines is 1. The smallest absolute Gasteiger partial charge is 0.239 e. The van der Waals surface area contributed by atoms with Crippen molar-refractivity contribution in [1.82, 2.24) is 9.88 Å². The Bertz CT molecular complexity index is 418. The SMILES string of the molecule is CSCC[C@H](N)C(=O)N1CCCN(c2nccs2)CC1.Cl. The van der Waals surface area contributed by atoms with Crippen LogP contribution in [0.3, 0.4) is 0 Å². The number of carbonyl (C=O) groups excluding carboxylic acids is 1. The van der Waals surface area contributed by atoms with Crippen molar-refractivity contribution < 1.29 is 4.79 Å². The topological polar surface area (TPSA) is 62.5 Å². The summed E-state index contributed by atoms with van der Waals surface area (Å²) in [6, 6.07) is -0.353. The summed E-state index contributed by atoms with van der Waals surface area (Å²) in [5, 5.41) is 3.03. The first-order chi connectivity index (χ1) is 9.72. The van der Waals surface area contributed by atoms with E-state index in [9.17, 15) is 4.79 Å². The zero-order chi connectivity index (χ0) is 14.4. The monoisotopic (exact) mass is 350 g/mol. The number of amides is 1. The molecule has 0 saturated carbocycles. The highest BCUT2D eigenvalue weighted by atomic mass is 35.5. The largest absolute Gasteiger partial charge is 0.346 e. The lowest BCUT2D eigenvalue weighted by Gasteiger charge is -2.24. The molecule has 0 spiro atoms. The average Bonchev–Trinajstić information content (AvgIpc) is 2.88. The second kappa shape index (κ2) is 9.50. The van der Waals surface area contributed by atoms with Crippen LogP contribution < -0.4 is 10.6 Å². The molecule has 1 amide bonds. The number of nitrogens with zero attached hydrogens (tertiary/aromatic N) is 3. The van der Waals surface area contributed by atoms with Gasteiger partial charge < -0.3 is 15.5 Å². The summed E-state index contributed by atoms with van der Waals surface area (Å²) in [7, 11) is 0. The van der Waals surface area contributed by atoms with E-state index < -0.39 is 0 Å². The first-order valence-electron chi connectivity index (χ1n) is 6.90. The number of carbonyl (C=O) groups is 1. The van der Waals surface area contributed by atoms with Crippen LogP contribution >= 0.6 is 35.5 Å². The van der Waals surface area contributed by atoms with Gasteiger partial charge in [-0.3, -0.25) is 4.79 Å². The molecule has 2 rings (SSSR count). The fourth-order valence-corrected chi connectivity index (χ4v) is 3.49. The first-order valence-corrected chi connectivity index (χ1v) is 9.17. The van der Waals surface area contributed by atoms with Crippen molar-refractivity contribution in [2.75, 3.05) is 43.1 Å². The van der Waals surface area contributed by atoms with Crippen LogP contribution in [-0.4, -0.2) is 60.0 Å². The quantitative estimate of drug-likeness (QED) is 0.875. The van der Waals surface area contributed by atoms with Crippen LogP contribution in [0.4, 0.5) is 5.13 Å². The van der Waals surface area contributed by atoms with Crippen LogP contribution in [0.15, 0.2) is 11.6 Å². The number of thiazole rings is 1. The van der Waals surface area contributed by atoms with Crippen molar-refractivity contribution >= 4 is 46.5 Å². The Morgan fingerprint density at radius 1 is 1.48 bits per heavy atom. The van der Waals surface area contributed by atoms with E-state index in [0.717, 1.165) is 49.9 Å². The highest BCUT2D eigenvalue weighted by molar-refractivity contribution is 7.98. The van der Waals surface area contributed by atoms with E-state index in [1.54, 1.807) is 23.1 Å². The number of rotatable bonds is 5. The molecule has 0 radical (unpaired) electrons. The zero-order valence-corrected chi connectivity index (χ0v) is 14.7. The third kappa shape index (κ3) is 5.32. The van der Waals surface area contributed by atoms with E-state index in [4.69, 9.17) is 5.73 Å². The standard InChI is InChI=1S/C13H22N4OS2.ClH/c1-19-9-3-11(14)12(18)16-5-2-6-17(8-7-16)13-15-4-10-20-13;/h4,10-11H,2-3,5-9,14H2,1H3;1H/t11-;/m0./s1. The van der Waals surface area contributed by atoms with Crippen LogP contribution in [0, 0.1) is 0 Å². The summed E-state index contributed by atoms with van der Waals surface area (Å²) in [5.74, 6) is 1.03. The molecule has 2 heterocycles. The van der Waals surface area contributed by atoms with Gasteiger partial charge in [-0.1, -0.05) is 0 Å². The van der Waals surface area contributed by atoms with Gasteiger partial charge in [0.1, 0.15) is 0 Å². The van der Waals surface area contributed by atoms with Gasteiger partial charge >= 0.3 is 0 Å². The van der Waals surface area contributed by atoms with E-state index in [2.05, 4.69) is 9.88 Å². The van der Waals surface area contributed by atoms with Gasteiger partial charge in [0.15, 0.2) is 5.13 Å². The molecular formula is C13H23ClN4OS2. The number of nitrogens with two attached hydrogens (primary N) is 1. The minimum Gasteiger partial charge on any atom is -0.346 e. The maximum absolute atomic E-state index is 12.3. The van der Waals surface area contributed by atoms with E-state index >= 15 is 0 Å². The lowest BCUT2D eigenvalue weighted by atomic mass is 10.2. The lowest BCUT2D eigenvalue weighted by Crippen LogP contribution is -2.45. The fourth-order valence-electron chi connectivity index (χ4n) is 2.30. The molecule has 120 valence electrons. The highest BCUT2D eigenvalue weighted by Gasteiger charge is 2.24. The van der Waals surface area contributed by atoms with Gasteiger partial charge in [0.2, 0.25) is 5.91 Å². The molecule has 0 unspecified atom stereocenters.